The second-order valence-corrected chi connectivity index (χ2v) is 3.08. The Bertz CT molecular complexity index is 86.6. The smallest absolute Gasteiger partial charge is 0.0986 e. The van der Waals surface area contributed by atoms with E-state index in [1.807, 2.05) is 19.0 Å². The summed E-state index contributed by atoms with van der Waals surface area (Å²) in [7, 11) is 3.97. The van der Waals surface area contributed by atoms with Gasteiger partial charge in [-0.2, -0.15) is 0 Å². The Morgan fingerprint density at radius 2 is 1.67 bits per heavy atom. The van der Waals surface area contributed by atoms with Crippen LogP contribution >= 0.6 is 0 Å². The summed E-state index contributed by atoms with van der Waals surface area (Å²) in [4.78, 5) is 1.99. The molecule has 3 nitrogen and oxygen atoms in total. The Kier molecular flexibility index (Phi) is 8.88. The third kappa shape index (κ3) is 9.88. The molecular formula is C9H21NO2. The zero-order valence-corrected chi connectivity index (χ0v) is 8.51. The molecule has 0 bridgehead atoms. The first-order valence-electron chi connectivity index (χ1n) is 4.57. The molecule has 0 unspecified atom stereocenters. The predicted molar refractivity (Wildman–Crippen MR) is 50.2 cm³/mol. The minimum atomic E-state index is 0.678. The van der Waals surface area contributed by atoms with Crippen LogP contribution in [0, 0.1) is 0 Å². The van der Waals surface area contributed by atoms with Crippen molar-refractivity contribution in [3.05, 3.63) is 0 Å². The topological polar surface area (TPSA) is 21.7 Å². The fourth-order valence-corrected chi connectivity index (χ4v) is 0.713. The summed E-state index contributed by atoms with van der Waals surface area (Å²) < 4.78 is 10.6. The lowest BCUT2D eigenvalue weighted by Crippen LogP contribution is -2.18. The molecule has 0 heterocycles. The second-order valence-electron chi connectivity index (χ2n) is 3.08. The van der Waals surface area contributed by atoms with Gasteiger partial charge in [0.05, 0.1) is 19.9 Å². The lowest BCUT2D eigenvalue weighted by Gasteiger charge is -2.10. The van der Waals surface area contributed by atoms with Crippen LogP contribution in [-0.4, -0.2) is 45.5 Å². The van der Waals surface area contributed by atoms with Crippen LogP contribution in [0.2, 0.25) is 0 Å². The SMILES string of the molecule is CCCCOCCOCN(C)C. The average molecular weight is 175 g/mol. The third-order valence-electron chi connectivity index (χ3n) is 1.36. The summed E-state index contributed by atoms with van der Waals surface area (Å²) in [6.07, 6.45) is 2.34. The molecule has 0 atom stereocenters. The number of rotatable bonds is 8. The largest absolute Gasteiger partial charge is 0.379 e. The molecule has 0 aromatic carbocycles. The molecule has 0 saturated carbocycles. The summed E-state index contributed by atoms with van der Waals surface area (Å²) in [6.45, 7) is 5.11. The molecule has 74 valence electrons. The van der Waals surface area contributed by atoms with Crippen molar-refractivity contribution < 1.29 is 9.47 Å². The normalized spacial score (nSPS) is 11.0. The van der Waals surface area contributed by atoms with Gasteiger partial charge in [0.15, 0.2) is 0 Å². The number of ether oxygens (including phenoxy) is 2. The molecule has 0 fully saturated rings. The van der Waals surface area contributed by atoms with E-state index in [9.17, 15) is 0 Å². The Morgan fingerprint density at radius 1 is 1.00 bits per heavy atom. The molecule has 0 radical (unpaired) electrons. The highest BCUT2D eigenvalue weighted by Crippen LogP contribution is 1.87. The molecule has 0 amide bonds. The van der Waals surface area contributed by atoms with E-state index in [4.69, 9.17) is 9.47 Å². The van der Waals surface area contributed by atoms with Gasteiger partial charge in [0.2, 0.25) is 0 Å². The van der Waals surface area contributed by atoms with Gasteiger partial charge in [0, 0.05) is 6.61 Å². The maximum atomic E-state index is 5.31. The molecule has 0 aromatic heterocycles. The van der Waals surface area contributed by atoms with Gasteiger partial charge >= 0.3 is 0 Å². The number of hydrogen-bond acceptors (Lipinski definition) is 3. The number of hydrogen-bond donors (Lipinski definition) is 0. The van der Waals surface area contributed by atoms with Crippen LogP contribution in [0.4, 0.5) is 0 Å². The van der Waals surface area contributed by atoms with E-state index in [1.165, 1.54) is 6.42 Å². The Hall–Kier alpha value is -0.120. The molecular weight excluding hydrogens is 154 g/mol. The monoisotopic (exact) mass is 175 g/mol. The second kappa shape index (κ2) is 8.97. The van der Waals surface area contributed by atoms with Crippen molar-refractivity contribution >= 4 is 0 Å². The first kappa shape index (κ1) is 11.9. The van der Waals surface area contributed by atoms with Crippen molar-refractivity contribution in [1.29, 1.82) is 0 Å². The maximum absolute atomic E-state index is 5.31. The van der Waals surface area contributed by atoms with Crippen molar-refractivity contribution in [2.75, 3.05) is 40.6 Å². The van der Waals surface area contributed by atoms with Gasteiger partial charge in [-0.1, -0.05) is 13.3 Å². The van der Waals surface area contributed by atoms with Crippen LogP contribution in [-0.2, 0) is 9.47 Å². The molecule has 0 N–H and O–H groups in total. The fourth-order valence-electron chi connectivity index (χ4n) is 0.713. The highest BCUT2D eigenvalue weighted by Gasteiger charge is 1.90. The Labute approximate surface area is 75.6 Å². The summed E-state index contributed by atoms with van der Waals surface area (Å²) in [5.74, 6) is 0. The minimum Gasteiger partial charge on any atom is -0.379 e. The van der Waals surface area contributed by atoms with Crippen LogP contribution in [0.3, 0.4) is 0 Å². The summed E-state index contributed by atoms with van der Waals surface area (Å²) in [5, 5.41) is 0. The van der Waals surface area contributed by atoms with Crippen molar-refractivity contribution in [2.24, 2.45) is 0 Å². The van der Waals surface area contributed by atoms with Crippen LogP contribution in [0.15, 0.2) is 0 Å². The third-order valence-corrected chi connectivity index (χ3v) is 1.36. The van der Waals surface area contributed by atoms with Gasteiger partial charge in [0.1, 0.15) is 0 Å². The zero-order valence-electron chi connectivity index (χ0n) is 8.51. The molecule has 0 aliphatic rings. The highest BCUT2D eigenvalue weighted by molar-refractivity contribution is 4.33. The first-order valence-corrected chi connectivity index (χ1v) is 4.57. The average Bonchev–Trinajstić information content (AvgIpc) is 2.02. The van der Waals surface area contributed by atoms with Crippen molar-refractivity contribution in [3.63, 3.8) is 0 Å². The van der Waals surface area contributed by atoms with Crippen LogP contribution in [0.25, 0.3) is 0 Å². The van der Waals surface area contributed by atoms with Crippen molar-refractivity contribution in [2.45, 2.75) is 19.8 Å². The van der Waals surface area contributed by atoms with E-state index in [2.05, 4.69) is 6.92 Å². The molecule has 0 rings (SSSR count). The quantitative estimate of drug-likeness (QED) is 0.410. The van der Waals surface area contributed by atoms with Crippen LogP contribution < -0.4 is 0 Å². The molecule has 12 heavy (non-hydrogen) atoms. The van der Waals surface area contributed by atoms with E-state index in [0.29, 0.717) is 19.9 Å². The standard InChI is InChI=1S/C9H21NO2/c1-4-5-6-11-7-8-12-9-10(2)3/h4-9H2,1-3H3. The lowest BCUT2D eigenvalue weighted by molar-refractivity contribution is 0.00968. The highest BCUT2D eigenvalue weighted by atomic mass is 16.5. The Balaban J connectivity index is 2.82. The van der Waals surface area contributed by atoms with Gasteiger partial charge in [-0.3, -0.25) is 4.90 Å². The summed E-state index contributed by atoms with van der Waals surface area (Å²) in [6, 6.07) is 0. The lowest BCUT2D eigenvalue weighted by atomic mass is 10.4. The molecule has 0 aliphatic carbocycles. The van der Waals surface area contributed by atoms with Gasteiger partial charge in [-0.05, 0) is 20.5 Å². The van der Waals surface area contributed by atoms with E-state index in [0.717, 1.165) is 13.0 Å². The van der Waals surface area contributed by atoms with E-state index >= 15 is 0 Å². The maximum Gasteiger partial charge on any atom is 0.0986 e. The van der Waals surface area contributed by atoms with E-state index < -0.39 is 0 Å². The van der Waals surface area contributed by atoms with Gasteiger partial charge in [0.25, 0.3) is 0 Å². The van der Waals surface area contributed by atoms with Gasteiger partial charge < -0.3 is 9.47 Å². The summed E-state index contributed by atoms with van der Waals surface area (Å²) >= 11 is 0. The fraction of sp³-hybridized carbons (Fsp3) is 1.00. The van der Waals surface area contributed by atoms with Crippen molar-refractivity contribution in [1.82, 2.24) is 4.90 Å². The van der Waals surface area contributed by atoms with Gasteiger partial charge in [-0.25, -0.2) is 0 Å². The minimum absolute atomic E-state index is 0.678. The van der Waals surface area contributed by atoms with Crippen LogP contribution in [0.1, 0.15) is 19.8 Å². The molecule has 3 heteroatoms. The van der Waals surface area contributed by atoms with Gasteiger partial charge in [-0.15, -0.1) is 0 Å². The van der Waals surface area contributed by atoms with Crippen molar-refractivity contribution in [3.8, 4) is 0 Å². The zero-order chi connectivity index (χ0) is 9.23. The molecule has 0 aromatic rings. The number of nitrogens with zero attached hydrogens (tertiary/aromatic N) is 1. The van der Waals surface area contributed by atoms with E-state index in [-0.39, 0.29) is 0 Å². The first-order chi connectivity index (χ1) is 5.77. The molecule has 0 aliphatic heterocycles. The Morgan fingerprint density at radius 3 is 2.25 bits per heavy atom. The summed E-state index contributed by atoms with van der Waals surface area (Å²) in [5.41, 5.74) is 0. The molecule has 0 saturated heterocycles. The predicted octanol–water partition coefficient (Wildman–Crippen LogP) is 1.34. The van der Waals surface area contributed by atoms with E-state index in [1.54, 1.807) is 0 Å². The molecule has 0 spiro atoms. The van der Waals surface area contributed by atoms with Crippen LogP contribution in [0.5, 0.6) is 0 Å². The number of unbranched alkanes of at least 4 members (excludes halogenated alkanes) is 1.